The first kappa shape index (κ1) is 21.4. The average Bonchev–Trinajstić information content (AvgIpc) is 3.67. The van der Waals surface area contributed by atoms with Crippen molar-refractivity contribution in [2.75, 3.05) is 0 Å². The highest BCUT2D eigenvalue weighted by Crippen LogP contribution is 2.34. The fourth-order valence-electron chi connectivity index (χ4n) is 3.92. The van der Waals surface area contributed by atoms with Crippen LogP contribution >= 0.6 is 22.7 Å². The van der Waals surface area contributed by atoms with E-state index in [1.807, 2.05) is 113 Å². The lowest BCUT2D eigenvalue weighted by atomic mass is 10.0. The fourth-order valence-corrected chi connectivity index (χ4v) is 5.63. The second-order valence-electron chi connectivity index (χ2n) is 7.93. The molecule has 0 unspecified atom stereocenters. The fraction of sp³-hybridized carbons (Fsp3) is 0. The maximum Gasteiger partial charge on any atom is 0.196 e. The molecule has 0 aliphatic carbocycles. The largest absolute Gasteiger partial charge is 0.288 e. The Kier molecular flexibility index (Phi) is 5.66. The Morgan fingerprint density at radius 3 is 2.31 bits per heavy atom. The number of thiazole rings is 1. The molecule has 0 bridgehead atoms. The van der Waals surface area contributed by atoms with Gasteiger partial charge in [0.2, 0.25) is 0 Å². The van der Waals surface area contributed by atoms with Crippen molar-refractivity contribution >= 4 is 50.3 Å². The smallest absolute Gasteiger partial charge is 0.196 e. The molecule has 0 aliphatic heterocycles. The van der Waals surface area contributed by atoms with Crippen LogP contribution in [0.1, 0.15) is 20.9 Å². The molecule has 3 aromatic carbocycles. The van der Waals surface area contributed by atoms with E-state index in [9.17, 15) is 4.79 Å². The number of para-hydroxylation sites is 2. The van der Waals surface area contributed by atoms with Crippen LogP contribution in [0.15, 0.2) is 109 Å². The van der Waals surface area contributed by atoms with E-state index in [0.717, 1.165) is 32.0 Å². The second-order valence-corrected chi connectivity index (χ2v) is 9.91. The zero-order valence-corrected chi connectivity index (χ0v) is 20.2. The number of fused-ring (bicyclic) bond motifs is 1. The maximum absolute atomic E-state index is 13.8. The Labute approximate surface area is 210 Å². The van der Waals surface area contributed by atoms with E-state index in [1.54, 1.807) is 11.3 Å². The van der Waals surface area contributed by atoms with Gasteiger partial charge < -0.3 is 0 Å². The number of allylic oxidation sites excluding steroid dienone is 1. The van der Waals surface area contributed by atoms with Crippen molar-refractivity contribution in [3.8, 4) is 16.3 Å². The molecule has 0 amide bonds. The third kappa shape index (κ3) is 4.25. The minimum atomic E-state index is -0.0609. The number of hydrogen-bond donors (Lipinski definition) is 0. The first-order valence-corrected chi connectivity index (χ1v) is 12.8. The number of ketones is 1. The normalized spacial score (nSPS) is 11.7. The number of aromatic nitrogens is 3. The Bertz CT molecular complexity index is 1610. The van der Waals surface area contributed by atoms with Crippen LogP contribution in [0.4, 0.5) is 0 Å². The van der Waals surface area contributed by atoms with Crippen LogP contribution in [0.3, 0.4) is 0 Å². The number of thiophene rings is 1. The summed E-state index contributed by atoms with van der Waals surface area (Å²) >= 11 is 3.16. The van der Waals surface area contributed by atoms with Gasteiger partial charge >= 0.3 is 0 Å². The van der Waals surface area contributed by atoms with Crippen LogP contribution in [0.25, 0.3) is 38.1 Å². The Morgan fingerprint density at radius 2 is 1.57 bits per heavy atom. The summed E-state index contributed by atoms with van der Waals surface area (Å²) in [7, 11) is 0. The minimum Gasteiger partial charge on any atom is -0.288 e. The van der Waals surface area contributed by atoms with Crippen molar-refractivity contribution in [3.63, 3.8) is 0 Å². The van der Waals surface area contributed by atoms with Gasteiger partial charge in [-0.2, -0.15) is 5.10 Å². The van der Waals surface area contributed by atoms with Crippen molar-refractivity contribution in [2.45, 2.75) is 0 Å². The number of benzene rings is 3. The molecule has 0 aliphatic rings. The molecule has 0 fully saturated rings. The van der Waals surface area contributed by atoms with Crippen molar-refractivity contribution in [3.05, 3.63) is 125 Å². The van der Waals surface area contributed by atoms with E-state index in [4.69, 9.17) is 10.1 Å². The second kappa shape index (κ2) is 9.25. The summed E-state index contributed by atoms with van der Waals surface area (Å²) in [6.45, 7) is 0. The number of carbonyl (C=O) groups is 1. The third-order valence-electron chi connectivity index (χ3n) is 5.62. The molecular weight excluding hydrogens is 470 g/mol. The van der Waals surface area contributed by atoms with Gasteiger partial charge in [-0.1, -0.05) is 66.7 Å². The van der Waals surface area contributed by atoms with Crippen LogP contribution in [0.2, 0.25) is 0 Å². The summed E-state index contributed by atoms with van der Waals surface area (Å²) < 4.78 is 2.91. The van der Waals surface area contributed by atoms with E-state index in [0.29, 0.717) is 16.1 Å². The van der Waals surface area contributed by atoms with E-state index in [1.165, 1.54) is 11.3 Å². The van der Waals surface area contributed by atoms with Crippen LogP contribution in [-0.4, -0.2) is 20.5 Å². The van der Waals surface area contributed by atoms with Gasteiger partial charge in [-0.3, -0.25) is 4.79 Å². The quantitative estimate of drug-likeness (QED) is 0.178. The predicted molar refractivity (Wildman–Crippen MR) is 145 cm³/mol. The molecule has 168 valence electrons. The molecule has 6 rings (SSSR count). The first-order valence-electron chi connectivity index (χ1n) is 11.1. The standard InChI is InChI=1S/C29H19N3OS2/c33-28(20-10-3-1-4-11-20)23(29-30-24-14-7-8-15-25(24)35-29)18-21-19-32(22-12-5-2-6-13-22)31-27(21)26-16-9-17-34-26/h1-19H. The molecule has 0 radical (unpaired) electrons. The molecule has 35 heavy (non-hydrogen) atoms. The molecule has 6 aromatic rings. The van der Waals surface area contributed by atoms with Gasteiger partial charge in [-0.05, 0) is 41.8 Å². The highest BCUT2D eigenvalue weighted by molar-refractivity contribution is 7.20. The lowest BCUT2D eigenvalue weighted by Gasteiger charge is -2.04. The molecular formula is C29H19N3OS2. The number of rotatable bonds is 6. The van der Waals surface area contributed by atoms with Crippen LogP contribution in [0.5, 0.6) is 0 Å². The van der Waals surface area contributed by atoms with Crippen molar-refractivity contribution < 1.29 is 4.79 Å². The summed E-state index contributed by atoms with van der Waals surface area (Å²) in [4.78, 5) is 19.6. The van der Waals surface area contributed by atoms with Crippen molar-refractivity contribution in [2.24, 2.45) is 0 Å². The lowest BCUT2D eigenvalue weighted by molar-refractivity contribution is 0.105. The van der Waals surface area contributed by atoms with E-state index < -0.39 is 0 Å². The molecule has 3 aromatic heterocycles. The molecule has 0 saturated heterocycles. The molecule has 0 N–H and O–H groups in total. The Balaban J connectivity index is 1.56. The topological polar surface area (TPSA) is 47.8 Å². The summed E-state index contributed by atoms with van der Waals surface area (Å²) in [6.07, 6.45) is 3.92. The van der Waals surface area contributed by atoms with Gasteiger partial charge in [0.15, 0.2) is 5.78 Å². The highest BCUT2D eigenvalue weighted by atomic mass is 32.1. The maximum atomic E-state index is 13.8. The average molecular weight is 490 g/mol. The summed E-state index contributed by atoms with van der Waals surface area (Å²) in [5.41, 5.74) is 4.74. The molecule has 6 heteroatoms. The summed E-state index contributed by atoms with van der Waals surface area (Å²) in [5.74, 6) is -0.0609. The monoisotopic (exact) mass is 489 g/mol. The van der Waals surface area contributed by atoms with Crippen LogP contribution in [0, 0.1) is 0 Å². The predicted octanol–water partition coefficient (Wildman–Crippen LogP) is 7.63. The number of nitrogens with zero attached hydrogens (tertiary/aromatic N) is 3. The van der Waals surface area contributed by atoms with Crippen LogP contribution in [-0.2, 0) is 0 Å². The number of carbonyl (C=O) groups excluding carboxylic acids is 1. The molecule has 0 saturated carbocycles. The summed E-state index contributed by atoms with van der Waals surface area (Å²) in [6, 6.07) is 31.4. The number of hydrogen-bond acceptors (Lipinski definition) is 5. The lowest BCUT2D eigenvalue weighted by Crippen LogP contribution is -2.02. The van der Waals surface area contributed by atoms with Gasteiger partial charge in [-0.25, -0.2) is 9.67 Å². The third-order valence-corrected chi connectivity index (χ3v) is 7.57. The van der Waals surface area contributed by atoms with Gasteiger partial charge in [0.05, 0.1) is 26.4 Å². The number of Topliss-reactive ketones (excluding diaryl/α,β-unsaturated/α-hetero) is 1. The van der Waals surface area contributed by atoms with Crippen LogP contribution < -0.4 is 0 Å². The molecule has 0 spiro atoms. The van der Waals surface area contributed by atoms with Gasteiger partial charge in [-0.15, -0.1) is 22.7 Å². The van der Waals surface area contributed by atoms with Gasteiger partial charge in [0.25, 0.3) is 0 Å². The zero-order chi connectivity index (χ0) is 23.6. The Hall–Kier alpha value is -4.13. The Morgan fingerprint density at radius 1 is 0.829 bits per heavy atom. The SMILES string of the molecule is O=C(C(=Cc1cn(-c2ccccc2)nc1-c1cccs1)c1nc2ccccc2s1)c1ccccc1. The molecule has 0 atom stereocenters. The van der Waals surface area contributed by atoms with E-state index >= 15 is 0 Å². The van der Waals surface area contributed by atoms with Crippen molar-refractivity contribution in [1.29, 1.82) is 0 Å². The molecule has 4 nitrogen and oxygen atoms in total. The van der Waals surface area contributed by atoms with Crippen molar-refractivity contribution in [1.82, 2.24) is 14.8 Å². The molecule has 3 heterocycles. The summed E-state index contributed by atoms with van der Waals surface area (Å²) in [5, 5.41) is 7.63. The minimum absolute atomic E-state index is 0.0609. The van der Waals surface area contributed by atoms with E-state index in [2.05, 4.69) is 6.07 Å². The van der Waals surface area contributed by atoms with E-state index in [-0.39, 0.29) is 5.78 Å². The highest BCUT2D eigenvalue weighted by Gasteiger charge is 2.21. The first-order chi connectivity index (χ1) is 17.3. The van der Waals surface area contributed by atoms with Gasteiger partial charge in [0, 0.05) is 17.3 Å². The van der Waals surface area contributed by atoms with Gasteiger partial charge in [0.1, 0.15) is 10.7 Å². The zero-order valence-electron chi connectivity index (χ0n) is 18.5.